The molecule has 0 aliphatic rings. The Morgan fingerprint density at radius 3 is 2.65 bits per heavy atom. The van der Waals surface area contributed by atoms with Crippen molar-refractivity contribution < 1.29 is 9.84 Å². The predicted octanol–water partition coefficient (Wildman–Crippen LogP) is 3.94. The first kappa shape index (κ1) is 13.3. The summed E-state index contributed by atoms with van der Waals surface area (Å²) in [4.78, 5) is 5.75. The van der Waals surface area contributed by atoms with Crippen LogP contribution < -0.4 is 4.74 Å². The quantitative estimate of drug-likeness (QED) is 0.776. The highest BCUT2D eigenvalue weighted by molar-refractivity contribution is 7.20. The van der Waals surface area contributed by atoms with E-state index in [1.165, 1.54) is 4.88 Å². The van der Waals surface area contributed by atoms with Crippen molar-refractivity contribution in [3.8, 4) is 15.6 Å². The van der Waals surface area contributed by atoms with Crippen LogP contribution in [0, 0.1) is 0 Å². The maximum atomic E-state index is 8.98. The molecule has 0 radical (unpaired) electrons. The molecule has 3 nitrogen and oxygen atoms in total. The lowest BCUT2D eigenvalue weighted by Crippen LogP contribution is -1.95. The summed E-state index contributed by atoms with van der Waals surface area (Å²) >= 11 is 3.33. The Morgan fingerprint density at radius 1 is 1.10 bits per heavy atom. The van der Waals surface area contributed by atoms with E-state index >= 15 is 0 Å². The molecule has 0 aliphatic heterocycles. The zero-order chi connectivity index (χ0) is 13.8. The van der Waals surface area contributed by atoms with Gasteiger partial charge in [0.1, 0.15) is 17.4 Å². The molecule has 0 unspecified atom stereocenters. The first-order valence-corrected chi connectivity index (χ1v) is 7.92. The van der Waals surface area contributed by atoms with Crippen molar-refractivity contribution in [2.24, 2.45) is 0 Å². The third-order valence-corrected chi connectivity index (χ3v) is 4.71. The van der Waals surface area contributed by atoms with E-state index in [2.05, 4.69) is 16.4 Å². The maximum Gasteiger partial charge on any atom is 0.133 e. The van der Waals surface area contributed by atoms with Crippen molar-refractivity contribution in [2.45, 2.75) is 13.2 Å². The van der Waals surface area contributed by atoms with Gasteiger partial charge in [-0.3, -0.25) is 0 Å². The maximum absolute atomic E-state index is 8.98. The van der Waals surface area contributed by atoms with Gasteiger partial charge in [0.2, 0.25) is 0 Å². The monoisotopic (exact) mass is 303 g/mol. The molecule has 20 heavy (non-hydrogen) atoms. The van der Waals surface area contributed by atoms with Gasteiger partial charge in [-0.2, -0.15) is 0 Å². The molecule has 3 aromatic rings. The largest absolute Gasteiger partial charge is 0.487 e. The van der Waals surface area contributed by atoms with Crippen LogP contribution in [0.15, 0.2) is 47.2 Å². The number of rotatable bonds is 5. The second-order valence-corrected chi connectivity index (χ2v) is 6.02. The van der Waals surface area contributed by atoms with Crippen molar-refractivity contribution in [2.75, 3.05) is 0 Å². The van der Waals surface area contributed by atoms with Crippen molar-refractivity contribution in [1.29, 1.82) is 0 Å². The van der Waals surface area contributed by atoms with Crippen LogP contribution >= 0.6 is 22.7 Å². The highest BCUT2D eigenvalue weighted by atomic mass is 32.1. The first-order valence-electron chi connectivity index (χ1n) is 6.16. The molecule has 5 heteroatoms. The van der Waals surface area contributed by atoms with Crippen LogP contribution in [0.1, 0.15) is 11.3 Å². The Balaban J connectivity index is 1.63. The number of aliphatic hydroxyl groups excluding tert-OH is 1. The molecule has 0 saturated carbocycles. The molecule has 0 atom stereocenters. The molecule has 0 spiro atoms. The van der Waals surface area contributed by atoms with Crippen molar-refractivity contribution in [1.82, 2.24) is 4.98 Å². The fraction of sp³-hybridized carbons (Fsp3) is 0.133. The topological polar surface area (TPSA) is 42.4 Å². The Labute approximate surface area is 125 Å². The van der Waals surface area contributed by atoms with E-state index in [1.807, 2.05) is 35.7 Å². The number of nitrogens with zero attached hydrogens (tertiary/aromatic N) is 1. The van der Waals surface area contributed by atoms with Crippen LogP contribution in [-0.4, -0.2) is 10.1 Å². The van der Waals surface area contributed by atoms with Crippen LogP contribution in [-0.2, 0) is 13.2 Å². The third-order valence-electron chi connectivity index (χ3n) is 2.78. The van der Waals surface area contributed by atoms with Crippen LogP contribution in [0.25, 0.3) is 9.88 Å². The zero-order valence-corrected chi connectivity index (χ0v) is 12.3. The van der Waals surface area contributed by atoms with Gasteiger partial charge in [-0.1, -0.05) is 18.2 Å². The number of aliphatic hydroxyl groups is 1. The van der Waals surface area contributed by atoms with Crippen LogP contribution in [0.3, 0.4) is 0 Å². The molecule has 1 N–H and O–H groups in total. The van der Waals surface area contributed by atoms with Gasteiger partial charge < -0.3 is 9.84 Å². The summed E-state index contributed by atoms with van der Waals surface area (Å²) in [6.45, 7) is 0.511. The normalized spacial score (nSPS) is 10.7. The number of thiophene rings is 1. The number of hydrogen-bond donors (Lipinski definition) is 1. The van der Waals surface area contributed by atoms with Crippen molar-refractivity contribution in [3.05, 3.63) is 58.4 Å². The summed E-state index contributed by atoms with van der Waals surface area (Å²) in [6, 6.07) is 11.5. The standard InChI is InChI=1S/C15H13NO2S2/c17-8-11-3-5-13(6-4-11)18-9-12-10-20-15(16-12)14-2-1-7-19-14/h1-7,10,17H,8-9H2. The number of hydrogen-bond acceptors (Lipinski definition) is 5. The average Bonchev–Trinajstić information content (AvgIpc) is 3.16. The first-order chi connectivity index (χ1) is 9.85. The lowest BCUT2D eigenvalue weighted by molar-refractivity contribution is 0.280. The average molecular weight is 303 g/mol. The van der Waals surface area contributed by atoms with E-state index in [9.17, 15) is 0 Å². The summed E-state index contributed by atoms with van der Waals surface area (Å²) < 4.78 is 5.69. The minimum Gasteiger partial charge on any atom is -0.487 e. The van der Waals surface area contributed by atoms with Gasteiger partial charge >= 0.3 is 0 Å². The summed E-state index contributed by atoms with van der Waals surface area (Å²) in [7, 11) is 0. The molecule has 2 heterocycles. The van der Waals surface area contributed by atoms with E-state index < -0.39 is 0 Å². The molecule has 3 rings (SSSR count). The summed E-state index contributed by atoms with van der Waals surface area (Å²) in [5, 5.41) is 14.1. The molecule has 0 aliphatic carbocycles. The Hall–Kier alpha value is -1.69. The van der Waals surface area contributed by atoms with E-state index in [0.29, 0.717) is 6.61 Å². The van der Waals surface area contributed by atoms with Gasteiger partial charge in [-0.25, -0.2) is 4.98 Å². The molecular weight excluding hydrogens is 290 g/mol. The summed E-state index contributed by atoms with van der Waals surface area (Å²) in [5.41, 5.74) is 1.82. The number of benzene rings is 1. The molecule has 0 amide bonds. The predicted molar refractivity (Wildman–Crippen MR) is 82.1 cm³/mol. The van der Waals surface area contributed by atoms with Gasteiger partial charge in [-0.15, -0.1) is 22.7 Å². The van der Waals surface area contributed by atoms with E-state index in [-0.39, 0.29) is 6.61 Å². The Bertz CT molecular complexity index is 660. The highest BCUT2D eigenvalue weighted by Gasteiger charge is 2.06. The van der Waals surface area contributed by atoms with Gasteiger partial charge in [0.15, 0.2) is 0 Å². The lowest BCUT2D eigenvalue weighted by Gasteiger charge is -2.04. The summed E-state index contributed by atoms with van der Waals surface area (Å²) in [6.07, 6.45) is 0. The van der Waals surface area contributed by atoms with Gasteiger partial charge in [0, 0.05) is 5.38 Å². The highest BCUT2D eigenvalue weighted by Crippen LogP contribution is 2.28. The second kappa shape index (κ2) is 6.17. The molecule has 2 aromatic heterocycles. The zero-order valence-electron chi connectivity index (χ0n) is 10.7. The smallest absolute Gasteiger partial charge is 0.133 e. The fourth-order valence-corrected chi connectivity index (χ4v) is 3.35. The van der Waals surface area contributed by atoms with Crippen LogP contribution in [0.2, 0.25) is 0 Å². The molecule has 0 bridgehead atoms. The van der Waals surface area contributed by atoms with Crippen molar-refractivity contribution in [3.63, 3.8) is 0 Å². The van der Waals surface area contributed by atoms with Crippen LogP contribution in [0.5, 0.6) is 5.75 Å². The van der Waals surface area contributed by atoms with Crippen molar-refractivity contribution >= 4 is 22.7 Å². The Kier molecular flexibility index (Phi) is 4.11. The number of ether oxygens (including phenoxy) is 1. The fourth-order valence-electron chi connectivity index (χ4n) is 1.74. The van der Waals surface area contributed by atoms with Gasteiger partial charge in [0.05, 0.1) is 17.2 Å². The SMILES string of the molecule is OCc1ccc(OCc2csc(-c3cccs3)n2)cc1. The van der Waals surface area contributed by atoms with E-state index in [0.717, 1.165) is 22.0 Å². The summed E-state index contributed by atoms with van der Waals surface area (Å²) in [5.74, 6) is 0.785. The molecule has 1 aromatic carbocycles. The van der Waals surface area contributed by atoms with E-state index in [1.54, 1.807) is 22.7 Å². The van der Waals surface area contributed by atoms with Gasteiger partial charge in [-0.05, 0) is 29.1 Å². The molecular formula is C15H13NO2S2. The molecule has 0 fully saturated rings. The van der Waals surface area contributed by atoms with Gasteiger partial charge in [0.25, 0.3) is 0 Å². The molecule has 0 saturated heterocycles. The lowest BCUT2D eigenvalue weighted by atomic mass is 10.2. The second-order valence-electron chi connectivity index (χ2n) is 4.21. The van der Waals surface area contributed by atoms with Crippen LogP contribution in [0.4, 0.5) is 0 Å². The minimum atomic E-state index is 0.0521. The number of aromatic nitrogens is 1. The Morgan fingerprint density at radius 2 is 1.95 bits per heavy atom. The third kappa shape index (κ3) is 3.07. The number of thiazole rings is 1. The van der Waals surface area contributed by atoms with E-state index in [4.69, 9.17) is 9.84 Å². The molecule has 102 valence electrons. The minimum absolute atomic E-state index is 0.0521.